The maximum atomic E-state index is 13.2. The Morgan fingerprint density at radius 1 is 1.00 bits per heavy atom. The highest BCUT2D eigenvalue weighted by Crippen LogP contribution is 2.21. The van der Waals surface area contributed by atoms with Crippen LogP contribution in [0.4, 0.5) is 0 Å². The second-order valence-corrected chi connectivity index (χ2v) is 12.4. The largest absolute Gasteiger partial charge is 0.480 e. The molecule has 3 aromatic rings. The van der Waals surface area contributed by atoms with E-state index in [-0.39, 0.29) is 30.3 Å². The zero-order valence-corrected chi connectivity index (χ0v) is 26.3. The number of amides is 2. The molecule has 8 nitrogen and oxygen atoms in total. The zero-order chi connectivity index (χ0) is 30.3. The number of carboxylic acid groups (broad SMARTS) is 1. The topological polar surface area (TPSA) is 112 Å². The summed E-state index contributed by atoms with van der Waals surface area (Å²) in [5.74, 6) is 0.437. The van der Waals surface area contributed by atoms with Crippen LogP contribution in [0.3, 0.4) is 0 Å². The van der Waals surface area contributed by atoms with Gasteiger partial charge in [-0.25, -0.2) is 4.79 Å². The van der Waals surface area contributed by atoms with Crippen LogP contribution in [0.1, 0.15) is 37.8 Å². The van der Waals surface area contributed by atoms with E-state index in [1.807, 2.05) is 41.5 Å². The Kier molecular flexibility index (Phi) is 14.1. The van der Waals surface area contributed by atoms with Gasteiger partial charge in [0.15, 0.2) is 0 Å². The lowest BCUT2D eigenvalue weighted by atomic mass is 9.97. The first-order chi connectivity index (χ1) is 20.3. The third-order valence-corrected chi connectivity index (χ3v) is 8.92. The van der Waals surface area contributed by atoms with E-state index in [0.717, 1.165) is 34.1 Å². The van der Waals surface area contributed by atoms with Gasteiger partial charge in [-0.3, -0.25) is 19.5 Å². The second kappa shape index (κ2) is 17.8. The number of aromatic nitrogens is 1. The first-order valence-electron chi connectivity index (χ1n) is 14.3. The van der Waals surface area contributed by atoms with Gasteiger partial charge in [0.25, 0.3) is 0 Å². The van der Waals surface area contributed by atoms with E-state index in [9.17, 15) is 19.5 Å². The molecular weight excluding hydrogens is 569 g/mol. The molecule has 226 valence electrons. The van der Waals surface area contributed by atoms with Crippen molar-refractivity contribution in [2.75, 3.05) is 30.9 Å². The summed E-state index contributed by atoms with van der Waals surface area (Å²) in [6.45, 7) is 5.15. The first kappa shape index (κ1) is 33.4. The van der Waals surface area contributed by atoms with E-state index < -0.39 is 12.0 Å². The van der Waals surface area contributed by atoms with E-state index in [1.54, 1.807) is 35.9 Å². The molecule has 0 aliphatic heterocycles. The average molecular weight is 611 g/mol. The summed E-state index contributed by atoms with van der Waals surface area (Å²) in [6, 6.07) is 17.0. The van der Waals surface area contributed by atoms with Crippen LogP contribution >= 0.6 is 23.5 Å². The first-order valence-corrected chi connectivity index (χ1v) is 16.8. The number of nitrogens with zero attached hydrogens (tertiary/aromatic N) is 2. The molecule has 0 bridgehead atoms. The van der Waals surface area contributed by atoms with E-state index in [0.29, 0.717) is 31.0 Å². The second-order valence-electron chi connectivity index (χ2n) is 10.5. The molecule has 10 heteroatoms. The van der Waals surface area contributed by atoms with E-state index >= 15 is 0 Å². The SMILES string of the molecule is CCC(C)[C@@H](CN(CC(=O)N[C@@H](CCSC)C(=O)O)Cc1cccc2ccccc12)NC(=O)CSCc1ccncc1. The van der Waals surface area contributed by atoms with Crippen LogP contribution in [0, 0.1) is 5.92 Å². The van der Waals surface area contributed by atoms with Gasteiger partial charge in [0, 0.05) is 37.3 Å². The molecule has 3 rings (SSSR count). The number of thioether (sulfide) groups is 2. The highest BCUT2D eigenvalue weighted by Gasteiger charge is 2.25. The number of nitrogens with one attached hydrogen (secondary N) is 2. The van der Waals surface area contributed by atoms with Crippen molar-refractivity contribution in [2.45, 2.75) is 51.1 Å². The Balaban J connectivity index is 1.75. The summed E-state index contributed by atoms with van der Waals surface area (Å²) in [6.07, 6.45) is 6.62. The number of hydrogen-bond donors (Lipinski definition) is 3. The summed E-state index contributed by atoms with van der Waals surface area (Å²) < 4.78 is 0. The van der Waals surface area contributed by atoms with Gasteiger partial charge in [-0.15, -0.1) is 11.8 Å². The molecule has 0 spiro atoms. The molecule has 0 saturated carbocycles. The highest BCUT2D eigenvalue weighted by molar-refractivity contribution is 7.99. The van der Waals surface area contributed by atoms with E-state index in [4.69, 9.17) is 0 Å². The molecule has 3 atom stereocenters. The lowest BCUT2D eigenvalue weighted by molar-refractivity contribution is -0.142. The van der Waals surface area contributed by atoms with Gasteiger partial charge in [-0.2, -0.15) is 11.8 Å². The summed E-state index contributed by atoms with van der Waals surface area (Å²) in [5, 5.41) is 17.8. The number of benzene rings is 2. The number of carboxylic acids is 1. The predicted octanol–water partition coefficient (Wildman–Crippen LogP) is 4.82. The quantitative estimate of drug-likeness (QED) is 0.188. The molecular formula is C32H42N4O4S2. The molecule has 42 heavy (non-hydrogen) atoms. The highest BCUT2D eigenvalue weighted by atomic mass is 32.2. The number of fused-ring (bicyclic) bond motifs is 1. The van der Waals surface area contributed by atoms with Crippen molar-refractivity contribution in [2.24, 2.45) is 5.92 Å². The Bertz CT molecular complexity index is 1290. The van der Waals surface area contributed by atoms with Gasteiger partial charge >= 0.3 is 5.97 Å². The van der Waals surface area contributed by atoms with E-state index in [2.05, 4.69) is 53.7 Å². The fourth-order valence-corrected chi connectivity index (χ4v) is 5.98. The summed E-state index contributed by atoms with van der Waals surface area (Å²) in [5.41, 5.74) is 2.19. The van der Waals surface area contributed by atoms with Crippen LogP contribution in [0.5, 0.6) is 0 Å². The molecule has 0 aliphatic rings. The molecule has 0 aliphatic carbocycles. The number of carbonyl (C=O) groups excluding carboxylic acids is 2. The third-order valence-electron chi connectivity index (χ3n) is 7.27. The van der Waals surface area contributed by atoms with Gasteiger partial charge in [0.1, 0.15) is 6.04 Å². The van der Waals surface area contributed by atoms with Crippen LogP contribution in [0.15, 0.2) is 67.0 Å². The van der Waals surface area contributed by atoms with Gasteiger partial charge in [-0.05, 0) is 58.4 Å². The Labute approximate surface area is 257 Å². The third kappa shape index (κ3) is 11.0. The van der Waals surface area contributed by atoms with Crippen molar-refractivity contribution >= 4 is 52.1 Å². The van der Waals surface area contributed by atoms with Crippen LogP contribution in [-0.4, -0.2) is 75.7 Å². The monoisotopic (exact) mass is 610 g/mol. The molecule has 2 amide bonds. The molecule has 0 radical (unpaired) electrons. The standard InChI is InChI=1S/C32H42N4O4S2/c1-4-23(2)29(35-31(38)22-42-21-24-12-15-33-16-13-24)19-36(20-30(37)34-28(32(39)40)14-17-41-3)18-26-10-7-9-25-8-5-6-11-27(25)26/h5-13,15-16,23,28-29H,4,14,17-22H2,1-3H3,(H,34,37)(H,35,38)(H,39,40)/t23?,28-,29+/m0/s1. The van der Waals surface area contributed by atoms with Crippen LogP contribution in [0.25, 0.3) is 10.8 Å². The van der Waals surface area contributed by atoms with Crippen LogP contribution in [0.2, 0.25) is 0 Å². The molecule has 2 aromatic carbocycles. The van der Waals surface area contributed by atoms with Crippen molar-refractivity contribution in [1.29, 1.82) is 0 Å². The summed E-state index contributed by atoms with van der Waals surface area (Å²) in [4.78, 5) is 44.0. The zero-order valence-electron chi connectivity index (χ0n) is 24.6. The fraction of sp³-hybridized carbons (Fsp3) is 0.438. The molecule has 3 N–H and O–H groups in total. The number of rotatable bonds is 18. The summed E-state index contributed by atoms with van der Waals surface area (Å²) in [7, 11) is 0. The minimum atomic E-state index is -1.04. The van der Waals surface area contributed by atoms with Gasteiger partial charge in [0.2, 0.25) is 11.8 Å². The fourth-order valence-electron chi connectivity index (χ4n) is 4.71. The van der Waals surface area contributed by atoms with Crippen LogP contribution in [-0.2, 0) is 26.7 Å². The Morgan fingerprint density at radius 2 is 1.74 bits per heavy atom. The minimum Gasteiger partial charge on any atom is -0.480 e. The van der Waals surface area contributed by atoms with Gasteiger partial charge < -0.3 is 15.7 Å². The van der Waals surface area contributed by atoms with Gasteiger partial charge in [0.05, 0.1) is 12.3 Å². The Hall–Kier alpha value is -3.08. The normalized spacial score (nSPS) is 13.4. The number of aliphatic carboxylic acids is 1. The molecule has 1 unspecified atom stereocenters. The van der Waals surface area contributed by atoms with Crippen LogP contribution < -0.4 is 10.6 Å². The maximum Gasteiger partial charge on any atom is 0.326 e. The minimum absolute atomic E-state index is 0.0197. The molecule has 1 heterocycles. The molecule has 0 saturated heterocycles. The van der Waals surface area contributed by atoms with Gasteiger partial charge in [-0.1, -0.05) is 62.7 Å². The lowest BCUT2D eigenvalue weighted by Gasteiger charge is -2.31. The molecule has 1 aromatic heterocycles. The number of hydrogen-bond acceptors (Lipinski definition) is 7. The van der Waals surface area contributed by atoms with Crippen molar-refractivity contribution in [3.8, 4) is 0 Å². The van der Waals surface area contributed by atoms with Crippen molar-refractivity contribution in [3.63, 3.8) is 0 Å². The van der Waals surface area contributed by atoms with Crippen molar-refractivity contribution in [3.05, 3.63) is 78.1 Å². The molecule has 0 fully saturated rings. The predicted molar refractivity (Wildman–Crippen MR) is 174 cm³/mol. The van der Waals surface area contributed by atoms with Crippen molar-refractivity contribution in [1.82, 2.24) is 20.5 Å². The smallest absolute Gasteiger partial charge is 0.326 e. The number of carbonyl (C=O) groups is 3. The lowest BCUT2D eigenvalue weighted by Crippen LogP contribution is -2.51. The average Bonchev–Trinajstić information content (AvgIpc) is 2.99. The number of pyridine rings is 1. The maximum absolute atomic E-state index is 13.2. The van der Waals surface area contributed by atoms with Crippen molar-refractivity contribution < 1.29 is 19.5 Å². The Morgan fingerprint density at radius 3 is 2.45 bits per heavy atom. The van der Waals surface area contributed by atoms with E-state index in [1.165, 1.54) is 0 Å². The summed E-state index contributed by atoms with van der Waals surface area (Å²) >= 11 is 3.10.